The third-order valence-corrected chi connectivity index (χ3v) is 4.35. The second-order valence-electron chi connectivity index (χ2n) is 6.24. The summed E-state index contributed by atoms with van der Waals surface area (Å²) in [7, 11) is 0. The van der Waals surface area contributed by atoms with Crippen molar-refractivity contribution >= 4 is 11.9 Å². The summed E-state index contributed by atoms with van der Waals surface area (Å²) < 4.78 is 11.8. The average molecular weight is 345 g/mol. The Morgan fingerprint density at radius 1 is 1.20 bits per heavy atom. The van der Waals surface area contributed by atoms with Gasteiger partial charge in [-0.3, -0.25) is 4.79 Å². The van der Waals surface area contributed by atoms with Crippen molar-refractivity contribution in [1.82, 2.24) is 5.32 Å². The van der Waals surface area contributed by atoms with Crippen LogP contribution in [-0.2, 0) is 14.3 Å². The number of ether oxygens (including phenoxy) is 2. The molecule has 1 aliphatic rings. The van der Waals surface area contributed by atoms with E-state index in [4.69, 9.17) is 9.47 Å². The molecule has 136 valence electrons. The van der Waals surface area contributed by atoms with Gasteiger partial charge in [0, 0.05) is 13.3 Å². The zero-order chi connectivity index (χ0) is 18.2. The molecule has 5 nitrogen and oxygen atoms in total. The van der Waals surface area contributed by atoms with Crippen molar-refractivity contribution < 1.29 is 19.1 Å². The van der Waals surface area contributed by atoms with E-state index in [1.54, 1.807) is 24.3 Å². The van der Waals surface area contributed by atoms with Gasteiger partial charge in [0.2, 0.25) is 5.91 Å². The van der Waals surface area contributed by atoms with Crippen molar-refractivity contribution in [2.45, 2.75) is 64.4 Å². The van der Waals surface area contributed by atoms with Crippen LogP contribution in [-0.4, -0.2) is 36.2 Å². The molecule has 0 aliphatic heterocycles. The molecule has 0 fully saturated rings. The number of carbonyl (C=O) groups excluding carboxylic acids is 2. The molecule has 2 rings (SSSR count). The lowest BCUT2D eigenvalue weighted by Gasteiger charge is -2.36. The Bertz CT molecular complexity index is 595. The molecule has 0 aromatic heterocycles. The first-order valence-corrected chi connectivity index (χ1v) is 8.90. The Morgan fingerprint density at radius 3 is 2.48 bits per heavy atom. The van der Waals surface area contributed by atoms with Crippen LogP contribution in [0.3, 0.4) is 0 Å². The maximum atomic E-state index is 12.4. The van der Waals surface area contributed by atoms with E-state index >= 15 is 0 Å². The van der Waals surface area contributed by atoms with E-state index in [0.717, 1.165) is 12.8 Å². The van der Waals surface area contributed by atoms with E-state index in [0.29, 0.717) is 12.0 Å². The molecule has 3 atom stereocenters. The maximum Gasteiger partial charge on any atom is 0.338 e. The lowest BCUT2D eigenvalue weighted by atomic mass is 9.95. The number of rotatable bonds is 7. The van der Waals surface area contributed by atoms with Gasteiger partial charge in [0.05, 0.1) is 23.8 Å². The summed E-state index contributed by atoms with van der Waals surface area (Å²) >= 11 is 0. The molecule has 1 aliphatic carbocycles. The molecule has 25 heavy (non-hydrogen) atoms. The SMILES string of the molecule is CCC(CC)OC1C=CCC(OC(=O)c2ccccc2)C1NC(C)=O. The predicted molar refractivity (Wildman–Crippen MR) is 96.3 cm³/mol. The van der Waals surface area contributed by atoms with E-state index < -0.39 is 18.1 Å². The molecule has 5 heteroatoms. The Balaban J connectivity index is 2.13. The largest absolute Gasteiger partial charge is 0.456 e. The monoisotopic (exact) mass is 345 g/mol. The number of nitrogens with one attached hydrogen (secondary N) is 1. The molecule has 0 saturated heterocycles. The van der Waals surface area contributed by atoms with Gasteiger partial charge in [-0.1, -0.05) is 44.2 Å². The molecule has 0 heterocycles. The molecular weight excluding hydrogens is 318 g/mol. The third kappa shape index (κ3) is 5.43. The van der Waals surface area contributed by atoms with Crippen molar-refractivity contribution in [2.24, 2.45) is 0 Å². The number of amides is 1. The van der Waals surface area contributed by atoms with Crippen LogP contribution in [0.4, 0.5) is 0 Å². The predicted octanol–water partition coefficient (Wildman–Crippen LogP) is 3.25. The van der Waals surface area contributed by atoms with E-state index in [1.165, 1.54) is 6.92 Å². The quantitative estimate of drug-likeness (QED) is 0.608. The average Bonchev–Trinajstić information content (AvgIpc) is 2.62. The minimum Gasteiger partial charge on any atom is -0.456 e. The van der Waals surface area contributed by atoms with Crippen LogP contribution in [0.15, 0.2) is 42.5 Å². The van der Waals surface area contributed by atoms with Crippen LogP contribution in [0.25, 0.3) is 0 Å². The number of hydrogen-bond acceptors (Lipinski definition) is 4. The summed E-state index contributed by atoms with van der Waals surface area (Å²) in [4.78, 5) is 24.0. The van der Waals surface area contributed by atoms with E-state index in [1.807, 2.05) is 18.2 Å². The highest BCUT2D eigenvalue weighted by Crippen LogP contribution is 2.22. The van der Waals surface area contributed by atoms with Crippen molar-refractivity contribution in [3.63, 3.8) is 0 Å². The Morgan fingerprint density at radius 2 is 1.88 bits per heavy atom. The molecule has 0 bridgehead atoms. The van der Waals surface area contributed by atoms with Gasteiger partial charge < -0.3 is 14.8 Å². The number of benzene rings is 1. The van der Waals surface area contributed by atoms with Crippen LogP contribution in [0.5, 0.6) is 0 Å². The molecular formula is C20H27NO4. The fourth-order valence-corrected chi connectivity index (χ4v) is 2.97. The fraction of sp³-hybridized carbons (Fsp3) is 0.500. The van der Waals surface area contributed by atoms with Gasteiger partial charge >= 0.3 is 5.97 Å². The van der Waals surface area contributed by atoms with Crippen molar-refractivity contribution in [3.8, 4) is 0 Å². The standard InChI is InChI=1S/C20H27NO4/c1-4-16(5-2)24-17-12-9-13-18(19(17)21-14(3)22)25-20(23)15-10-7-6-8-11-15/h6-12,16-19H,4-5,13H2,1-3H3,(H,21,22). The van der Waals surface area contributed by atoms with E-state index in [9.17, 15) is 9.59 Å². The van der Waals surface area contributed by atoms with Crippen LogP contribution in [0.2, 0.25) is 0 Å². The number of hydrogen-bond donors (Lipinski definition) is 1. The molecule has 1 aromatic carbocycles. The summed E-state index contributed by atoms with van der Waals surface area (Å²) in [5, 5.41) is 2.90. The highest BCUT2D eigenvalue weighted by Gasteiger charge is 2.35. The van der Waals surface area contributed by atoms with Gasteiger partial charge in [-0.2, -0.15) is 0 Å². The van der Waals surface area contributed by atoms with Crippen LogP contribution in [0, 0.1) is 0 Å². The summed E-state index contributed by atoms with van der Waals surface area (Å²) in [6.45, 7) is 5.60. The van der Waals surface area contributed by atoms with Crippen molar-refractivity contribution in [3.05, 3.63) is 48.0 Å². The zero-order valence-electron chi connectivity index (χ0n) is 15.1. The van der Waals surface area contributed by atoms with Crippen LogP contribution in [0.1, 0.15) is 50.4 Å². The normalized spacial score (nSPS) is 22.6. The van der Waals surface area contributed by atoms with Gasteiger partial charge in [-0.05, 0) is 25.0 Å². The number of esters is 1. The first-order chi connectivity index (χ1) is 12.0. The highest BCUT2D eigenvalue weighted by atomic mass is 16.5. The van der Waals surface area contributed by atoms with Gasteiger partial charge in [0.15, 0.2) is 0 Å². The Kier molecular flexibility index (Phi) is 7.19. The summed E-state index contributed by atoms with van der Waals surface area (Å²) in [5.74, 6) is -0.559. The molecule has 3 unspecified atom stereocenters. The Hall–Kier alpha value is -2.14. The number of carbonyl (C=O) groups is 2. The van der Waals surface area contributed by atoms with Gasteiger partial charge in [0.25, 0.3) is 0 Å². The summed E-state index contributed by atoms with van der Waals surface area (Å²) in [6.07, 6.45) is 5.57. The maximum absolute atomic E-state index is 12.4. The van der Waals surface area contributed by atoms with Gasteiger partial charge in [-0.15, -0.1) is 0 Å². The van der Waals surface area contributed by atoms with Crippen LogP contribution >= 0.6 is 0 Å². The third-order valence-electron chi connectivity index (χ3n) is 4.35. The molecule has 0 saturated carbocycles. The molecule has 0 radical (unpaired) electrons. The smallest absolute Gasteiger partial charge is 0.338 e. The highest BCUT2D eigenvalue weighted by molar-refractivity contribution is 5.89. The second-order valence-corrected chi connectivity index (χ2v) is 6.24. The summed E-state index contributed by atoms with van der Waals surface area (Å²) in [5.41, 5.74) is 0.496. The minimum atomic E-state index is -0.457. The minimum absolute atomic E-state index is 0.106. The molecule has 1 N–H and O–H groups in total. The first-order valence-electron chi connectivity index (χ1n) is 8.90. The zero-order valence-corrected chi connectivity index (χ0v) is 15.1. The Labute approximate surface area is 149 Å². The molecule has 1 aromatic rings. The molecule has 0 spiro atoms. The fourth-order valence-electron chi connectivity index (χ4n) is 2.97. The van der Waals surface area contributed by atoms with Gasteiger partial charge in [0.1, 0.15) is 6.10 Å². The van der Waals surface area contributed by atoms with E-state index in [-0.39, 0.29) is 18.1 Å². The van der Waals surface area contributed by atoms with Gasteiger partial charge in [-0.25, -0.2) is 4.79 Å². The molecule has 1 amide bonds. The van der Waals surface area contributed by atoms with Crippen molar-refractivity contribution in [2.75, 3.05) is 0 Å². The van der Waals surface area contributed by atoms with Crippen molar-refractivity contribution in [1.29, 1.82) is 0 Å². The van der Waals surface area contributed by atoms with Crippen LogP contribution < -0.4 is 5.32 Å². The first kappa shape index (κ1) is 19.2. The topological polar surface area (TPSA) is 64.6 Å². The lowest BCUT2D eigenvalue weighted by molar-refractivity contribution is -0.123. The van der Waals surface area contributed by atoms with E-state index in [2.05, 4.69) is 19.2 Å². The lowest BCUT2D eigenvalue weighted by Crippen LogP contribution is -2.54. The second kappa shape index (κ2) is 9.37. The summed E-state index contributed by atoms with van der Waals surface area (Å²) in [6, 6.07) is 8.47.